The number of nitrogens with two attached hydrogens (primary N) is 1. The third kappa shape index (κ3) is 4.02. The molecule has 0 aliphatic heterocycles. The summed E-state index contributed by atoms with van der Waals surface area (Å²) in [5.41, 5.74) is 4.76. The van der Waals surface area contributed by atoms with Gasteiger partial charge in [-0.05, 0) is 6.92 Å². The normalized spacial score (nSPS) is 15.1. The van der Waals surface area contributed by atoms with Crippen LogP contribution in [0, 0.1) is 0 Å². The highest BCUT2D eigenvalue weighted by atomic mass is 35.5. The number of rotatable bonds is 2. The Hall–Kier alpha value is -0.680. The van der Waals surface area contributed by atoms with E-state index in [1.54, 1.807) is 0 Å². The second kappa shape index (κ2) is 4.70. The highest BCUT2D eigenvalue weighted by Crippen LogP contribution is 2.22. The maximum atomic E-state index is 11.9. The Morgan fingerprint density at radius 3 is 2.07 bits per heavy atom. The average molecular weight is 247 g/mol. The van der Waals surface area contributed by atoms with E-state index >= 15 is 0 Å². The van der Waals surface area contributed by atoms with Gasteiger partial charge in [0.1, 0.15) is 5.16 Å². The molecule has 0 bridgehead atoms. The average Bonchev–Trinajstić information content (AvgIpc) is 2.00. The molecule has 2 nitrogen and oxygen atoms in total. The summed E-state index contributed by atoms with van der Waals surface area (Å²) in [4.78, 5) is 2.94. The fourth-order valence-corrected chi connectivity index (χ4v) is 0.708. The first-order valence-corrected chi connectivity index (χ1v) is 4.04. The van der Waals surface area contributed by atoms with Crippen molar-refractivity contribution in [1.29, 1.82) is 0 Å². The van der Waals surface area contributed by atoms with Crippen LogP contribution in [0.1, 0.15) is 6.92 Å². The van der Waals surface area contributed by atoms with Crippen LogP contribution < -0.4 is 5.73 Å². The molecule has 0 aromatic carbocycles. The van der Waals surface area contributed by atoms with Gasteiger partial charge in [-0.15, -0.1) is 0 Å². The Morgan fingerprint density at radius 2 is 1.79 bits per heavy atom. The van der Waals surface area contributed by atoms with Gasteiger partial charge in [0.15, 0.2) is 0 Å². The predicted octanol–water partition coefficient (Wildman–Crippen LogP) is 3.13. The summed E-state index contributed by atoms with van der Waals surface area (Å²) in [6.45, 7) is 4.66. The molecule has 0 amide bonds. The minimum atomic E-state index is -4.70. The molecule has 0 unspecified atom stereocenters. The first-order valence-electron chi connectivity index (χ1n) is 3.28. The number of hydrogen-bond acceptors (Lipinski definition) is 1. The number of nitrogens with zero attached hydrogens (tertiary/aromatic N) is 1. The number of alkyl halides is 3. The number of amidine groups is 1. The van der Waals surface area contributed by atoms with Crippen LogP contribution in [0.15, 0.2) is 27.3 Å². The molecular weight excluding hydrogens is 240 g/mol. The largest absolute Gasteiger partial charge is 0.449 e. The molecular formula is C7H7Cl2F3N2. The van der Waals surface area contributed by atoms with Crippen molar-refractivity contribution in [2.75, 3.05) is 0 Å². The van der Waals surface area contributed by atoms with Gasteiger partial charge in [-0.3, -0.25) is 0 Å². The van der Waals surface area contributed by atoms with E-state index in [-0.39, 0.29) is 10.6 Å². The molecule has 2 N–H and O–H groups in total. The SMILES string of the molecule is C=C(Cl)/C(C)=C(Cl)\N=C(/N)C(F)(F)F. The minimum Gasteiger partial charge on any atom is -0.380 e. The van der Waals surface area contributed by atoms with Crippen LogP contribution >= 0.6 is 23.2 Å². The van der Waals surface area contributed by atoms with Gasteiger partial charge in [0.05, 0.1) is 0 Å². The Bertz CT molecular complexity index is 305. The lowest BCUT2D eigenvalue weighted by molar-refractivity contribution is -0.0598. The lowest BCUT2D eigenvalue weighted by Gasteiger charge is -2.05. The zero-order valence-electron chi connectivity index (χ0n) is 7.12. The fraction of sp³-hybridized carbons (Fsp3) is 0.286. The van der Waals surface area contributed by atoms with E-state index in [2.05, 4.69) is 17.3 Å². The molecule has 0 saturated heterocycles. The molecule has 0 radical (unpaired) electrons. The smallest absolute Gasteiger partial charge is 0.380 e. The monoisotopic (exact) mass is 246 g/mol. The zero-order chi connectivity index (χ0) is 11.5. The van der Waals surface area contributed by atoms with E-state index in [4.69, 9.17) is 23.2 Å². The van der Waals surface area contributed by atoms with Crippen LogP contribution in [0.4, 0.5) is 13.2 Å². The molecule has 0 fully saturated rings. The number of allylic oxidation sites excluding steroid dienone is 2. The van der Waals surface area contributed by atoms with Crippen molar-refractivity contribution in [1.82, 2.24) is 0 Å². The molecule has 80 valence electrons. The van der Waals surface area contributed by atoms with Crippen molar-refractivity contribution in [2.45, 2.75) is 13.1 Å². The Morgan fingerprint density at radius 1 is 1.36 bits per heavy atom. The van der Waals surface area contributed by atoms with Crippen LogP contribution in [0.5, 0.6) is 0 Å². The quantitative estimate of drug-likeness (QED) is 0.346. The third-order valence-electron chi connectivity index (χ3n) is 1.23. The standard InChI is InChI=1S/C7H7Cl2F3N2/c1-3(4(2)8)5(9)14-6(13)7(10,11)12/h2H2,1H3,(H2,13,14)/b5-3-. The maximum Gasteiger partial charge on any atom is 0.449 e. The molecule has 0 aliphatic carbocycles. The first kappa shape index (κ1) is 13.3. The molecule has 0 rings (SSSR count). The summed E-state index contributed by atoms with van der Waals surface area (Å²) in [5, 5.41) is -0.423. The topological polar surface area (TPSA) is 38.4 Å². The van der Waals surface area contributed by atoms with Crippen LogP contribution in [0.25, 0.3) is 0 Å². The van der Waals surface area contributed by atoms with E-state index < -0.39 is 17.2 Å². The molecule has 0 atom stereocenters. The van der Waals surface area contributed by atoms with E-state index in [1.165, 1.54) is 6.92 Å². The molecule has 0 heterocycles. The van der Waals surface area contributed by atoms with E-state index in [0.29, 0.717) is 0 Å². The summed E-state index contributed by atoms with van der Waals surface area (Å²) in [5.74, 6) is -1.53. The van der Waals surface area contributed by atoms with Gasteiger partial charge in [-0.1, -0.05) is 29.8 Å². The first-order chi connectivity index (χ1) is 6.16. The maximum absolute atomic E-state index is 11.9. The Kier molecular flexibility index (Phi) is 4.48. The molecule has 0 aromatic rings. The lowest BCUT2D eigenvalue weighted by atomic mass is 10.3. The predicted molar refractivity (Wildman–Crippen MR) is 51.2 cm³/mol. The van der Waals surface area contributed by atoms with Crippen molar-refractivity contribution in [2.24, 2.45) is 10.7 Å². The summed E-state index contributed by atoms with van der Waals surface area (Å²) in [7, 11) is 0. The van der Waals surface area contributed by atoms with E-state index in [1.807, 2.05) is 0 Å². The van der Waals surface area contributed by atoms with Gasteiger partial charge in [0, 0.05) is 10.6 Å². The summed E-state index contributed by atoms with van der Waals surface area (Å²) < 4.78 is 35.6. The van der Waals surface area contributed by atoms with Crippen LogP contribution in [0.2, 0.25) is 0 Å². The van der Waals surface area contributed by atoms with Gasteiger partial charge >= 0.3 is 6.18 Å². The minimum absolute atomic E-state index is 0.00808. The van der Waals surface area contributed by atoms with Crippen LogP contribution in [-0.4, -0.2) is 12.0 Å². The molecule has 0 aliphatic rings. The Balaban J connectivity index is 5.02. The summed E-state index contributed by atoms with van der Waals surface area (Å²) in [6.07, 6.45) is -4.70. The third-order valence-corrected chi connectivity index (χ3v) is 1.88. The van der Waals surface area contributed by atoms with Crippen LogP contribution in [-0.2, 0) is 0 Å². The Labute approximate surface area is 88.9 Å². The van der Waals surface area contributed by atoms with Gasteiger partial charge < -0.3 is 5.73 Å². The number of aliphatic imine (C=N–C) groups is 1. The molecule has 7 heteroatoms. The highest BCUT2D eigenvalue weighted by molar-refractivity contribution is 6.35. The summed E-state index contributed by atoms with van der Waals surface area (Å²) in [6, 6.07) is 0. The van der Waals surface area contributed by atoms with Crippen molar-refractivity contribution in [3.8, 4) is 0 Å². The van der Waals surface area contributed by atoms with E-state index in [9.17, 15) is 13.2 Å². The van der Waals surface area contributed by atoms with Crippen molar-refractivity contribution in [3.05, 3.63) is 22.3 Å². The number of halogens is 5. The number of hydrogen-bond donors (Lipinski definition) is 1. The van der Waals surface area contributed by atoms with Crippen molar-refractivity contribution in [3.63, 3.8) is 0 Å². The highest BCUT2D eigenvalue weighted by Gasteiger charge is 2.33. The fourth-order valence-electron chi connectivity index (χ4n) is 0.365. The van der Waals surface area contributed by atoms with Crippen molar-refractivity contribution < 1.29 is 13.2 Å². The van der Waals surface area contributed by atoms with Gasteiger partial charge in [0.2, 0.25) is 5.84 Å². The van der Waals surface area contributed by atoms with Gasteiger partial charge in [0.25, 0.3) is 0 Å². The second-order valence-electron chi connectivity index (χ2n) is 2.32. The van der Waals surface area contributed by atoms with Crippen molar-refractivity contribution >= 4 is 29.0 Å². The van der Waals surface area contributed by atoms with Crippen LogP contribution in [0.3, 0.4) is 0 Å². The lowest BCUT2D eigenvalue weighted by Crippen LogP contribution is -2.31. The molecule has 0 saturated carbocycles. The zero-order valence-corrected chi connectivity index (χ0v) is 8.63. The molecule has 14 heavy (non-hydrogen) atoms. The molecule has 0 aromatic heterocycles. The summed E-state index contributed by atoms with van der Waals surface area (Å²) >= 11 is 10.8. The van der Waals surface area contributed by atoms with E-state index in [0.717, 1.165) is 0 Å². The van der Waals surface area contributed by atoms with Gasteiger partial charge in [-0.2, -0.15) is 13.2 Å². The molecule has 0 spiro atoms. The second-order valence-corrected chi connectivity index (χ2v) is 3.13. The van der Waals surface area contributed by atoms with Gasteiger partial charge in [-0.25, -0.2) is 4.99 Å².